The van der Waals surface area contributed by atoms with Crippen LogP contribution in [0.4, 0.5) is 0 Å². The van der Waals surface area contributed by atoms with E-state index in [4.69, 9.17) is 11.6 Å². The number of rotatable bonds is 2. The number of fused-ring (bicyclic) bond motifs is 1. The summed E-state index contributed by atoms with van der Waals surface area (Å²) in [5.41, 5.74) is 3.33. The first-order valence-corrected chi connectivity index (χ1v) is 8.27. The Bertz CT molecular complexity index is 921. The molecule has 1 saturated heterocycles. The number of nitrogens with zero attached hydrogens (tertiary/aromatic N) is 3. The van der Waals surface area contributed by atoms with E-state index in [0.717, 1.165) is 22.3 Å². The Balaban J connectivity index is 1.62. The van der Waals surface area contributed by atoms with E-state index in [9.17, 15) is 4.79 Å². The highest BCUT2D eigenvalue weighted by atomic mass is 35.5. The highest BCUT2D eigenvalue weighted by molar-refractivity contribution is 6.31. The number of aryl methyl sites for hydroxylation is 1. The van der Waals surface area contributed by atoms with E-state index in [2.05, 4.69) is 9.97 Å². The van der Waals surface area contributed by atoms with Gasteiger partial charge in [-0.15, -0.1) is 0 Å². The van der Waals surface area contributed by atoms with Crippen molar-refractivity contribution < 1.29 is 4.79 Å². The molecule has 2 aromatic heterocycles. The minimum absolute atomic E-state index is 0.0277. The highest BCUT2D eigenvalue weighted by Crippen LogP contribution is 2.29. The van der Waals surface area contributed by atoms with E-state index in [1.54, 1.807) is 12.3 Å². The van der Waals surface area contributed by atoms with Crippen LogP contribution < -0.4 is 0 Å². The van der Waals surface area contributed by atoms with Crippen LogP contribution in [-0.2, 0) is 0 Å². The number of pyridine rings is 2. The second-order valence-corrected chi connectivity index (χ2v) is 6.57. The van der Waals surface area contributed by atoms with Crippen molar-refractivity contribution >= 4 is 28.4 Å². The number of benzene rings is 1. The van der Waals surface area contributed by atoms with E-state index in [-0.39, 0.29) is 5.91 Å². The second kappa shape index (κ2) is 5.87. The second-order valence-electron chi connectivity index (χ2n) is 6.13. The molecule has 5 heteroatoms. The van der Waals surface area contributed by atoms with Crippen LogP contribution >= 0.6 is 11.6 Å². The summed E-state index contributed by atoms with van der Waals surface area (Å²) < 4.78 is 0. The summed E-state index contributed by atoms with van der Waals surface area (Å²) in [6.07, 6.45) is 1.79. The summed E-state index contributed by atoms with van der Waals surface area (Å²) in [6.45, 7) is 3.29. The van der Waals surface area contributed by atoms with Gasteiger partial charge in [0, 0.05) is 47.0 Å². The van der Waals surface area contributed by atoms with Crippen molar-refractivity contribution in [2.75, 3.05) is 13.1 Å². The van der Waals surface area contributed by atoms with Gasteiger partial charge >= 0.3 is 0 Å². The largest absolute Gasteiger partial charge is 0.337 e. The highest BCUT2D eigenvalue weighted by Gasteiger charge is 2.33. The number of carbonyl (C=O) groups excluding carboxylic acids is 1. The van der Waals surface area contributed by atoms with Crippen molar-refractivity contribution in [1.82, 2.24) is 14.9 Å². The number of hydrogen-bond acceptors (Lipinski definition) is 3. The first-order valence-electron chi connectivity index (χ1n) is 7.89. The number of aromatic nitrogens is 2. The number of halogens is 1. The zero-order valence-corrected chi connectivity index (χ0v) is 14.0. The van der Waals surface area contributed by atoms with Gasteiger partial charge in [-0.05, 0) is 43.3 Å². The molecule has 1 amide bonds. The summed E-state index contributed by atoms with van der Waals surface area (Å²) in [5, 5.41) is 1.41. The lowest BCUT2D eigenvalue weighted by atomic mass is 9.94. The molecule has 3 heterocycles. The molecule has 0 spiro atoms. The van der Waals surface area contributed by atoms with Crippen LogP contribution in [0.5, 0.6) is 0 Å². The Kier molecular flexibility index (Phi) is 3.69. The zero-order valence-electron chi connectivity index (χ0n) is 13.2. The standard InChI is InChI=1S/C19H16ClN3O/c1-12-8-16(15-9-14(20)5-6-18(15)22-12)19(24)23-10-13(11-23)17-4-2-3-7-21-17/h2-9,13H,10-11H2,1H3. The Hall–Kier alpha value is -2.46. The first-order chi connectivity index (χ1) is 11.6. The van der Waals surface area contributed by atoms with Crippen LogP contribution in [-0.4, -0.2) is 33.9 Å². The lowest BCUT2D eigenvalue weighted by molar-refractivity contribution is 0.0600. The van der Waals surface area contributed by atoms with E-state index in [1.807, 2.05) is 48.2 Å². The van der Waals surface area contributed by atoms with Crippen LogP contribution in [0.1, 0.15) is 27.7 Å². The van der Waals surface area contributed by atoms with Crippen LogP contribution in [0.15, 0.2) is 48.7 Å². The first kappa shape index (κ1) is 15.1. The lowest BCUT2D eigenvalue weighted by Crippen LogP contribution is -2.48. The van der Waals surface area contributed by atoms with Crippen LogP contribution in [0.25, 0.3) is 10.9 Å². The molecule has 0 atom stereocenters. The predicted octanol–water partition coefficient (Wildman–Crippen LogP) is 3.83. The van der Waals surface area contributed by atoms with E-state index in [0.29, 0.717) is 29.6 Å². The SMILES string of the molecule is Cc1cc(C(=O)N2CC(c3ccccn3)C2)c2cc(Cl)ccc2n1. The van der Waals surface area contributed by atoms with Gasteiger partial charge in [0.1, 0.15) is 0 Å². The smallest absolute Gasteiger partial charge is 0.254 e. The van der Waals surface area contributed by atoms with Gasteiger partial charge in [0.2, 0.25) is 0 Å². The van der Waals surface area contributed by atoms with Gasteiger partial charge in [0.15, 0.2) is 0 Å². The van der Waals surface area contributed by atoms with Crippen molar-refractivity contribution in [1.29, 1.82) is 0 Å². The molecular weight excluding hydrogens is 322 g/mol. The molecular formula is C19H16ClN3O. The molecule has 1 fully saturated rings. The normalized spacial score (nSPS) is 14.7. The van der Waals surface area contributed by atoms with Gasteiger partial charge in [-0.1, -0.05) is 17.7 Å². The summed E-state index contributed by atoms with van der Waals surface area (Å²) in [5.74, 6) is 0.341. The Morgan fingerprint density at radius 2 is 2.04 bits per heavy atom. The fraction of sp³-hybridized carbons (Fsp3) is 0.211. The van der Waals surface area contributed by atoms with Crippen molar-refractivity contribution in [3.05, 3.63) is 70.6 Å². The summed E-state index contributed by atoms with van der Waals surface area (Å²) in [7, 11) is 0. The molecule has 3 aromatic rings. The monoisotopic (exact) mass is 337 g/mol. The molecule has 0 aliphatic carbocycles. The molecule has 1 aromatic carbocycles. The van der Waals surface area contributed by atoms with Gasteiger partial charge in [0.05, 0.1) is 11.1 Å². The van der Waals surface area contributed by atoms with Gasteiger partial charge in [0.25, 0.3) is 5.91 Å². The molecule has 24 heavy (non-hydrogen) atoms. The third kappa shape index (κ3) is 2.63. The maximum absolute atomic E-state index is 12.9. The Morgan fingerprint density at radius 1 is 1.21 bits per heavy atom. The van der Waals surface area contributed by atoms with Crippen LogP contribution in [0.2, 0.25) is 5.02 Å². The van der Waals surface area contributed by atoms with Gasteiger partial charge < -0.3 is 4.90 Å². The zero-order chi connectivity index (χ0) is 16.7. The van der Waals surface area contributed by atoms with Gasteiger partial charge in [-0.3, -0.25) is 14.8 Å². The fourth-order valence-electron chi connectivity index (χ4n) is 3.13. The number of hydrogen-bond donors (Lipinski definition) is 0. The minimum atomic E-state index is 0.0277. The average molecular weight is 338 g/mol. The molecule has 0 radical (unpaired) electrons. The topological polar surface area (TPSA) is 46.1 Å². The molecule has 120 valence electrons. The Morgan fingerprint density at radius 3 is 2.79 bits per heavy atom. The van der Waals surface area contributed by atoms with Crippen LogP contribution in [0.3, 0.4) is 0 Å². The number of carbonyl (C=O) groups is 1. The maximum Gasteiger partial charge on any atom is 0.254 e. The van der Waals surface area contributed by atoms with E-state index in [1.165, 1.54) is 0 Å². The average Bonchev–Trinajstić information content (AvgIpc) is 2.54. The van der Waals surface area contributed by atoms with Crippen molar-refractivity contribution in [3.8, 4) is 0 Å². The van der Waals surface area contributed by atoms with Gasteiger partial charge in [-0.2, -0.15) is 0 Å². The van der Waals surface area contributed by atoms with Gasteiger partial charge in [-0.25, -0.2) is 0 Å². The fourth-order valence-corrected chi connectivity index (χ4v) is 3.30. The molecule has 4 nitrogen and oxygen atoms in total. The molecule has 1 aliphatic heterocycles. The third-order valence-corrected chi connectivity index (χ3v) is 4.64. The molecule has 4 rings (SSSR count). The van der Waals surface area contributed by atoms with Crippen molar-refractivity contribution in [3.63, 3.8) is 0 Å². The Labute approximate surface area is 145 Å². The quantitative estimate of drug-likeness (QED) is 0.714. The van der Waals surface area contributed by atoms with Crippen LogP contribution in [0, 0.1) is 6.92 Å². The predicted molar refractivity (Wildman–Crippen MR) is 94.4 cm³/mol. The van der Waals surface area contributed by atoms with E-state index < -0.39 is 0 Å². The number of amides is 1. The maximum atomic E-state index is 12.9. The molecule has 0 saturated carbocycles. The summed E-state index contributed by atoms with van der Waals surface area (Å²) in [6, 6.07) is 13.2. The molecule has 1 aliphatic rings. The molecule has 0 N–H and O–H groups in total. The van der Waals surface area contributed by atoms with E-state index >= 15 is 0 Å². The lowest BCUT2D eigenvalue weighted by Gasteiger charge is -2.39. The molecule has 0 unspecified atom stereocenters. The summed E-state index contributed by atoms with van der Waals surface area (Å²) >= 11 is 6.10. The minimum Gasteiger partial charge on any atom is -0.337 e. The molecule has 0 bridgehead atoms. The third-order valence-electron chi connectivity index (χ3n) is 4.40. The van der Waals surface area contributed by atoms with Crippen molar-refractivity contribution in [2.24, 2.45) is 0 Å². The summed E-state index contributed by atoms with van der Waals surface area (Å²) in [4.78, 5) is 23.6. The van der Waals surface area contributed by atoms with Crippen molar-refractivity contribution in [2.45, 2.75) is 12.8 Å². The number of likely N-dealkylation sites (tertiary alicyclic amines) is 1.